The van der Waals surface area contributed by atoms with Gasteiger partial charge in [0.05, 0.1) is 13.0 Å². The average Bonchev–Trinajstić information content (AvgIpc) is 2.55. The lowest BCUT2D eigenvalue weighted by Gasteiger charge is -2.20. The van der Waals surface area contributed by atoms with Gasteiger partial charge in [-0.15, -0.1) is 11.8 Å². The fourth-order valence-corrected chi connectivity index (χ4v) is 3.01. The van der Waals surface area contributed by atoms with Crippen LogP contribution in [-0.2, 0) is 9.53 Å². The summed E-state index contributed by atoms with van der Waals surface area (Å²) >= 11 is 1.62. The van der Waals surface area contributed by atoms with Crippen molar-refractivity contribution in [1.29, 1.82) is 0 Å². The molecule has 0 aromatic heterocycles. The third-order valence-electron chi connectivity index (χ3n) is 3.64. The first-order valence-corrected chi connectivity index (χ1v) is 8.78. The van der Waals surface area contributed by atoms with Crippen LogP contribution in [0.1, 0.15) is 25.3 Å². The van der Waals surface area contributed by atoms with Gasteiger partial charge in [-0.25, -0.2) is 0 Å². The van der Waals surface area contributed by atoms with Crippen LogP contribution < -0.4 is 4.74 Å². The van der Waals surface area contributed by atoms with Crippen LogP contribution in [0.2, 0.25) is 0 Å². The third kappa shape index (κ3) is 4.29. The minimum Gasteiger partial charge on any atom is -0.469 e. The summed E-state index contributed by atoms with van der Waals surface area (Å²) in [5.41, 5.74) is 0.913. The Morgan fingerprint density at radius 2 is 1.78 bits per heavy atom. The molecule has 0 radical (unpaired) electrons. The lowest BCUT2D eigenvalue weighted by Crippen LogP contribution is -2.19. The number of benzene rings is 2. The van der Waals surface area contributed by atoms with Crippen LogP contribution >= 0.6 is 11.8 Å². The van der Waals surface area contributed by atoms with E-state index in [1.807, 2.05) is 68.6 Å². The topological polar surface area (TPSA) is 35.5 Å². The van der Waals surface area contributed by atoms with E-state index in [4.69, 9.17) is 9.47 Å². The molecule has 0 aliphatic rings. The molecule has 4 heteroatoms. The molecule has 0 amide bonds. The van der Waals surface area contributed by atoms with Gasteiger partial charge in [0.1, 0.15) is 11.5 Å². The second-order valence-corrected chi connectivity index (χ2v) is 6.42. The quantitative estimate of drug-likeness (QED) is 0.544. The summed E-state index contributed by atoms with van der Waals surface area (Å²) in [5, 5.41) is 0. The van der Waals surface area contributed by atoms with Crippen molar-refractivity contribution < 1.29 is 14.3 Å². The maximum absolute atomic E-state index is 12.1. The van der Waals surface area contributed by atoms with Gasteiger partial charge in [-0.3, -0.25) is 4.79 Å². The Hall–Kier alpha value is -1.94. The zero-order valence-electron chi connectivity index (χ0n) is 13.9. The van der Waals surface area contributed by atoms with Gasteiger partial charge in [0.15, 0.2) is 0 Å². The third-order valence-corrected chi connectivity index (χ3v) is 4.42. The minimum atomic E-state index is -0.297. The van der Waals surface area contributed by atoms with E-state index in [0.29, 0.717) is 0 Å². The molecular formula is C19H22O3S. The van der Waals surface area contributed by atoms with E-state index in [1.54, 1.807) is 11.8 Å². The first-order valence-electron chi connectivity index (χ1n) is 7.55. The highest BCUT2D eigenvalue weighted by molar-refractivity contribution is 7.98. The molecule has 0 saturated carbocycles. The number of thioether (sulfide) groups is 1. The smallest absolute Gasteiger partial charge is 0.313 e. The monoisotopic (exact) mass is 330 g/mol. The summed E-state index contributed by atoms with van der Waals surface area (Å²) in [4.78, 5) is 13.1. The van der Waals surface area contributed by atoms with Gasteiger partial charge in [-0.1, -0.05) is 38.1 Å². The van der Waals surface area contributed by atoms with Crippen molar-refractivity contribution in [2.45, 2.75) is 24.7 Å². The Morgan fingerprint density at radius 1 is 1.09 bits per heavy atom. The Kier molecular flexibility index (Phi) is 6.11. The number of esters is 1. The van der Waals surface area contributed by atoms with Crippen LogP contribution in [0.5, 0.6) is 11.5 Å². The number of ether oxygens (including phenoxy) is 2. The molecule has 23 heavy (non-hydrogen) atoms. The average molecular weight is 330 g/mol. The molecule has 3 nitrogen and oxygen atoms in total. The fraction of sp³-hybridized carbons (Fsp3) is 0.316. The molecule has 122 valence electrons. The molecular weight excluding hydrogens is 308 g/mol. The van der Waals surface area contributed by atoms with Gasteiger partial charge in [0, 0.05) is 4.90 Å². The van der Waals surface area contributed by atoms with Crippen molar-refractivity contribution in [3.05, 3.63) is 54.1 Å². The lowest BCUT2D eigenvalue weighted by atomic mass is 9.88. The standard InChI is InChI=1S/C19H22O3S/c1-13(2)18(19(20)21-3)14-10-11-17(23-4)16(12-14)22-15-8-6-5-7-9-15/h5-13,18H,1-4H3. The lowest BCUT2D eigenvalue weighted by molar-refractivity contribution is -0.143. The van der Waals surface area contributed by atoms with Gasteiger partial charge in [0.25, 0.3) is 0 Å². The van der Waals surface area contributed by atoms with Crippen LogP contribution in [0.3, 0.4) is 0 Å². The number of hydrogen-bond acceptors (Lipinski definition) is 4. The molecule has 0 saturated heterocycles. The number of rotatable bonds is 6. The molecule has 2 aromatic carbocycles. The van der Waals surface area contributed by atoms with Crippen LogP contribution in [0.25, 0.3) is 0 Å². The number of para-hydroxylation sites is 1. The van der Waals surface area contributed by atoms with Gasteiger partial charge < -0.3 is 9.47 Å². The van der Waals surface area contributed by atoms with E-state index < -0.39 is 0 Å². The summed E-state index contributed by atoms with van der Waals surface area (Å²) in [6.45, 7) is 4.03. The molecule has 2 rings (SSSR count). The highest BCUT2D eigenvalue weighted by atomic mass is 32.2. The Balaban J connectivity index is 2.39. The Bertz CT molecular complexity index is 653. The summed E-state index contributed by atoms with van der Waals surface area (Å²) in [7, 11) is 1.43. The molecule has 0 N–H and O–H groups in total. The van der Waals surface area contributed by atoms with E-state index in [2.05, 4.69) is 0 Å². The maximum atomic E-state index is 12.1. The number of carbonyl (C=O) groups is 1. The van der Waals surface area contributed by atoms with Crippen LogP contribution in [0.15, 0.2) is 53.4 Å². The van der Waals surface area contributed by atoms with E-state index in [9.17, 15) is 4.79 Å². The number of hydrogen-bond donors (Lipinski definition) is 0. The van der Waals surface area contributed by atoms with Crippen molar-refractivity contribution in [2.24, 2.45) is 5.92 Å². The fourth-order valence-electron chi connectivity index (χ4n) is 2.50. The molecule has 0 bridgehead atoms. The Labute approximate surface area is 142 Å². The summed E-state index contributed by atoms with van der Waals surface area (Å²) in [6.07, 6.45) is 2.01. The van der Waals surface area contributed by atoms with Crippen molar-refractivity contribution >= 4 is 17.7 Å². The van der Waals surface area contributed by atoms with Gasteiger partial charge in [-0.05, 0) is 42.0 Å². The van der Waals surface area contributed by atoms with Crippen molar-refractivity contribution in [3.63, 3.8) is 0 Å². The molecule has 0 aliphatic heterocycles. The van der Waals surface area contributed by atoms with Gasteiger partial charge >= 0.3 is 5.97 Å². The zero-order chi connectivity index (χ0) is 16.8. The molecule has 0 spiro atoms. The van der Waals surface area contributed by atoms with Gasteiger partial charge in [-0.2, -0.15) is 0 Å². The Morgan fingerprint density at radius 3 is 2.35 bits per heavy atom. The second-order valence-electron chi connectivity index (χ2n) is 5.57. The SMILES string of the molecule is COC(=O)C(c1ccc(SC)c(Oc2ccccc2)c1)C(C)C. The normalized spacial score (nSPS) is 12.0. The maximum Gasteiger partial charge on any atom is 0.313 e. The predicted molar refractivity (Wildman–Crippen MR) is 94.3 cm³/mol. The number of carbonyl (C=O) groups excluding carboxylic acids is 1. The first-order chi connectivity index (χ1) is 11.1. The molecule has 1 atom stereocenters. The highest BCUT2D eigenvalue weighted by Gasteiger charge is 2.26. The van der Waals surface area contributed by atoms with E-state index in [1.165, 1.54) is 7.11 Å². The van der Waals surface area contributed by atoms with Crippen LogP contribution in [0, 0.1) is 5.92 Å². The molecule has 2 aromatic rings. The zero-order valence-corrected chi connectivity index (χ0v) is 14.7. The predicted octanol–water partition coefficient (Wildman–Crippen LogP) is 5.11. The summed E-state index contributed by atoms with van der Waals surface area (Å²) in [6, 6.07) is 15.6. The molecule has 0 heterocycles. The first kappa shape index (κ1) is 17.4. The van der Waals surface area contributed by atoms with Crippen LogP contribution in [0.4, 0.5) is 0 Å². The largest absolute Gasteiger partial charge is 0.469 e. The van der Waals surface area contributed by atoms with E-state index in [0.717, 1.165) is 22.0 Å². The van der Waals surface area contributed by atoms with Crippen molar-refractivity contribution in [2.75, 3.05) is 13.4 Å². The van der Waals surface area contributed by atoms with E-state index >= 15 is 0 Å². The summed E-state index contributed by atoms with van der Waals surface area (Å²) < 4.78 is 11.0. The second kappa shape index (κ2) is 8.06. The van der Waals surface area contributed by atoms with E-state index in [-0.39, 0.29) is 17.8 Å². The highest BCUT2D eigenvalue weighted by Crippen LogP contribution is 2.36. The summed E-state index contributed by atoms with van der Waals surface area (Å²) in [5.74, 6) is 1.17. The van der Waals surface area contributed by atoms with Crippen LogP contribution in [-0.4, -0.2) is 19.3 Å². The molecule has 0 aliphatic carbocycles. The minimum absolute atomic E-state index is 0.146. The van der Waals surface area contributed by atoms with Crippen molar-refractivity contribution in [1.82, 2.24) is 0 Å². The molecule has 1 unspecified atom stereocenters. The molecule has 0 fully saturated rings. The van der Waals surface area contributed by atoms with Crippen molar-refractivity contribution in [3.8, 4) is 11.5 Å². The number of methoxy groups -OCH3 is 1. The van der Waals surface area contributed by atoms with Gasteiger partial charge in [0.2, 0.25) is 0 Å².